The van der Waals surface area contributed by atoms with Crippen molar-refractivity contribution in [1.82, 2.24) is 9.88 Å². The Kier molecular flexibility index (Phi) is 4.66. The molecule has 0 bridgehead atoms. The van der Waals surface area contributed by atoms with Crippen LogP contribution in [0.3, 0.4) is 0 Å². The maximum Gasteiger partial charge on any atom is 0.128 e. The molecule has 20 heavy (non-hydrogen) atoms. The van der Waals surface area contributed by atoms with E-state index >= 15 is 0 Å². The third kappa shape index (κ3) is 2.67. The van der Waals surface area contributed by atoms with Crippen molar-refractivity contribution in [2.45, 2.75) is 51.6 Å². The summed E-state index contributed by atoms with van der Waals surface area (Å²) in [5.41, 5.74) is 9.54. The molecule has 1 aliphatic carbocycles. The number of aromatic nitrogens is 1. The zero-order valence-electron chi connectivity index (χ0n) is 13.2. The molecular formula is C16H27N3O. The first kappa shape index (κ1) is 15.3. The second kappa shape index (κ2) is 6.10. The van der Waals surface area contributed by atoms with Crippen LogP contribution in [-0.4, -0.2) is 36.1 Å². The first-order valence-corrected chi connectivity index (χ1v) is 7.44. The summed E-state index contributed by atoms with van der Waals surface area (Å²) in [6.45, 7) is 5.68. The number of likely N-dealkylation sites (N-methyl/N-ethyl adjacent to an activating group) is 1. The lowest BCUT2D eigenvalue weighted by Gasteiger charge is -2.38. The highest BCUT2D eigenvalue weighted by molar-refractivity contribution is 5.41. The Morgan fingerprint density at radius 3 is 2.55 bits per heavy atom. The van der Waals surface area contributed by atoms with E-state index in [0.717, 1.165) is 35.7 Å². The fraction of sp³-hybridized carbons (Fsp3) is 0.688. The quantitative estimate of drug-likeness (QED) is 0.898. The largest absolute Gasteiger partial charge is 0.496 e. The molecule has 1 aliphatic rings. The molecule has 4 heteroatoms. The molecule has 0 aliphatic heterocycles. The molecule has 1 heterocycles. The summed E-state index contributed by atoms with van der Waals surface area (Å²) < 4.78 is 5.49. The molecule has 2 rings (SSSR count). The fourth-order valence-corrected chi connectivity index (χ4v) is 3.40. The molecule has 1 fully saturated rings. The third-order valence-electron chi connectivity index (χ3n) is 4.86. The van der Waals surface area contributed by atoms with Crippen LogP contribution in [0.25, 0.3) is 0 Å². The number of hydrogen-bond donors (Lipinski definition) is 1. The van der Waals surface area contributed by atoms with Crippen LogP contribution in [0.2, 0.25) is 0 Å². The molecule has 0 atom stereocenters. The Hall–Kier alpha value is -1.13. The van der Waals surface area contributed by atoms with E-state index in [0.29, 0.717) is 0 Å². The lowest BCUT2D eigenvalue weighted by Crippen LogP contribution is -2.49. The van der Waals surface area contributed by atoms with Crippen LogP contribution >= 0.6 is 0 Å². The monoisotopic (exact) mass is 277 g/mol. The standard InChI is InChI=1S/C16H27N3O/c1-12-9-18-14(13(2)15(12)20-4)10-19(3)16(11-17)7-5-6-8-16/h9H,5-8,10-11,17H2,1-4H3. The topological polar surface area (TPSA) is 51.4 Å². The van der Waals surface area contributed by atoms with E-state index in [9.17, 15) is 0 Å². The zero-order chi connectivity index (χ0) is 14.8. The summed E-state index contributed by atoms with van der Waals surface area (Å²) in [6.07, 6.45) is 6.86. The highest BCUT2D eigenvalue weighted by Gasteiger charge is 2.36. The minimum Gasteiger partial charge on any atom is -0.496 e. The van der Waals surface area contributed by atoms with Crippen LogP contribution < -0.4 is 10.5 Å². The Morgan fingerprint density at radius 2 is 2.00 bits per heavy atom. The van der Waals surface area contributed by atoms with Gasteiger partial charge in [0.1, 0.15) is 5.75 Å². The number of aryl methyl sites for hydroxylation is 1. The fourth-order valence-electron chi connectivity index (χ4n) is 3.40. The van der Waals surface area contributed by atoms with Crippen LogP contribution in [0.5, 0.6) is 5.75 Å². The summed E-state index contributed by atoms with van der Waals surface area (Å²) in [4.78, 5) is 6.99. The number of nitrogens with two attached hydrogens (primary N) is 1. The van der Waals surface area contributed by atoms with E-state index in [2.05, 4.69) is 23.9 Å². The molecule has 1 aromatic heterocycles. The summed E-state index contributed by atoms with van der Waals surface area (Å²) in [7, 11) is 3.90. The molecule has 1 aromatic rings. The van der Waals surface area contributed by atoms with Gasteiger partial charge in [-0.15, -0.1) is 0 Å². The van der Waals surface area contributed by atoms with Gasteiger partial charge in [-0.1, -0.05) is 12.8 Å². The summed E-state index contributed by atoms with van der Waals surface area (Å²) in [5, 5.41) is 0. The SMILES string of the molecule is COc1c(C)cnc(CN(C)C2(CN)CCCC2)c1C. The van der Waals surface area contributed by atoms with Crippen LogP contribution in [0, 0.1) is 13.8 Å². The number of hydrogen-bond acceptors (Lipinski definition) is 4. The van der Waals surface area contributed by atoms with Gasteiger partial charge < -0.3 is 10.5 Å². The number of nitrogens with zero attached hydrogens (tertiary/aromatic N) is 2. The van der Waals surface area contributed by atoms with Crippen LogP contribution in [0.4, 0.5) is 0 Å². The minimum atomic E-state index is 0.159. The van der Waals surface area contributed by atoms with Crippen molar-refractivity contribution in [2.24, 2.45) is 5.73 Å². The van der Waals surface area contributed by atoms with Gasteiger partial charge in [-0.05, 0) is 33.7 Å². The predicted molar refractivity (Wildman–Crippen MR) is 82.0 cm³/mol. The molecule has 0 unspecified atom stereocenters. The summed E-state index contributed by atoms with van der Waals surface area (Å²) in [6, 6.07) is 0. The van der Waals surface area contributed by atoms with Crippen LogP contribution in [0.1, 0.15) is 42.5 Å². The van der Waals surface area contributed by atoms with Gasteiger partial charge in [0.2, 0.25) is 0 Å². The van der Waals surface area contributed by atoms with E-state index in [-0.39, 0.29) is 5.54 Å². The van der Waals surface area contributed by atoms with Gasteiger partial charge in [0.25, 0.3) is 0 Å². The lowest BCUT2D eigenvalue weighted by molar-refractivity contribution is 0.122. The van der Waals surface area contributed by atoms with Gasteiger partial charge in [0.15, 0.2) is 0 Å². The number of rotatable bonds is 5. The summed E-state index contributed by atoms with van der Waals surface area (Å²) >= 11 is 0. The average molecular weight is 277 g/mol. The van der Waals surface area contributed by atoms with Crippen LogP contribution in [-0.2, 0) is 6.54 Å². The lowest BCUT2D eigenvalue weighted by atomic mass is 9.95. The van der Waals surface area contributed by atoms with E-state index in [1.807, 2.05) is 13.1 Å². The highest BCUT2D eigenvalue weighted by atomic mass is 16.5. The second-order valence-corrected chi connectivity index (χ2v) is 6.04. The molecule has 0 radical (unpaired) electrons. The normalized spacial score (nSPS) is 17.7. The van der Waals surface area contributed by atoms with E-state index in [1.165, 1.54) is 25.7 Å². The molecule has 0 aromatic carbocycles. The first-order chi connectivity index (χ1) is 9.54. The molecule has 0 amide bonds. The Balaban J connectivity index is 2.21. The van der Waals surface area contributed by atoms with Gasteiger partial charge in [-0.3, -0.25) is 9.88 Å². The Morgan fingerprint density at radius 1 is 1.35 bits per heavy atom. The van der Waals surface area contributed by atoms with Crippen molar-refractivity contribution in [3.05, 3.63) is 23.0 Å². The summed E-state index contributed by atoms with van der Waals surface area (Å²) in [5.74, 6) is 0.955. The smallest absolute Gasteiger partial charge is 0.128 e. The zero-order valence-corrected chi connectivity index (χ0v) is 13.2. The van der Waals surface area contributed by atoms with Crippen LogP contribution in [0.15, 0.2) is 6.20 Å². The third-order valence-corrected chi connectivity index (χ3v) is 4.86. The predicted octanol–water partition coefficient (Wildman–Crippen LogP) is 2.41. The number of methoxy groups -OCH3 is 1. The van der Waals surface area contributed by atoms with Crippen molar-refractivity contribution in [2.75, 3.05) is 20.7 Å². The molecule has 0 spiro atoms. The van der Waals surface area contributed by atoms with Crippen molar-refractivity contribution < 1.29 is 4.74 Å². The van der Waals surface area contributed by atoms with E-state index in [4.69, 9.17) is 10.5 Å². The molecule has 0 saturated heterocycles. The molecule has 4 nitrogen and oxygen atoms in total. The number of pyridine rings is 1. The van der Waals surface area contributed by atoms with Crippen molar-refractivity contribution in [3.63, 3.8) is 0 Å². The maximum absolute atomic E-state index is 6.05. The van der Waals surface area contributed by atoms with Gasteiger partial charge in [0.05, 0.1) is 12.8 Å². The highest BCUT2D eigenvalue weighted by Crippen LogP contribution is 2.35. The Bertz CT molecular complexity index is 467. The van der Waals surface area contributed by atoms with Gasteiger partial charge in [-0.25, -0.2) is 0 Å². The van der Waals surface area contributed by atoms with Gasteiger partial charge in [0, 0.05) is 36.0 Å². The molecular weight excluding hydrogens is 250 g/mol. The van der Waals surface area contributed by atoms with Crippen molar-refractivity contribution in [3.8, 4) is 5.75 Å². The second-order valence-electron chi connectivity index (χ2n) is 6.04. The number of ether oxygens (including phenoxy) is 1. The maximum atomic E-state index is 6.05. The first-order valence-electron chi connectivity index (χ1n) is 7.44. The molecule has 112 valence electrons. The van der Waals surface area contributed by atoms with E-state index < -0.39 is 0 Å². The molecule has 2 N–H and O–H groups in total. The van der Waals surface area contributed by atoms with Gasteiger partial charge >= 0.3 is 0 Å². The van der Waals surface area contributed by atoms with Crippen molar-refractivity contribution in [1.29, 1.82) is 0 Å². The average Bonchev–Trinajstić information content (AvgIpc) is 2.92. The molecule has 1 saturated carbocycles. The Labute approximate surface area is 122 Å². The van der Waals surface area contributed by atoms with Gasteiger partial charge in [-0.2, -0.15) is 0 Å². The van der Waals surface area contributed by atoms with Crippen molar-refractivity contribution >= 4 is 0 Å². The minimum absolute atomic E-state index is 0.159. The van der Waals surface area contributed by atoms with E-state index in [1.54, 1.807) is 7.11 Å².